The molecule has 174 valence electrons. The first kappa shape index (κ1) is 24.8. The molecule has 3 rings (SSSR count). The molecule has 0 bridgehead atoms. The fourth-order valence-electron chi connectivity index (χ4n) is 3.43. The Hall–Kier alpha value is -2.83. The predicted octanol–water partition coefficient (Wildman–Crippen LogP) is 6.57. The number of amides is 3. The SMILES string of the molecule is CCCCN(CC(=O)N(Cc1ccccc1)Cc1ccc(C)s1)C(=O)Nc1cccc(Cl)c1. The van der Waals surface area contributed by atoms with E-state index in [4.69, 9.17) is 11.6 Å². The van der Waals surface area contributed by atoms with Crippen molar-refractivity contribution in [1.29, 1.82) is 0 Å². The standard InChI is InChI=1S/C26H30ClN3O2S/c1-3-4-15-29(26(32)28-23-12-8-11-22(27)16-23)19-25(31)30(17-21-9-6-5-7-10-21)18-24-14-13-20(2)33-24/h5-14,16H,3-4,15,17-19H2,1-2H3,(H,28,32). The summed E-state index contributed by atoms with van der Waals surface area (Å²) in [4.78, 5) is 32.2. The topological polar surface area (TPSA) is 52.7 Å². The summed E-state index contributed by atoms with van der Waals surface area (Å²) in [7, 11) is 0. The van der Waals surface area contributed by atoms with E-state index in [1.165, 1.54) is 4.88 Å². The molecule has 0 saturated carbocycles. The molecule has 1 heterocycles. The number of anilines is 1. The third-order valence-corrected chi connectivity index (χ3v) is 6.40. The van der Waals surface area contributed by atoms with Gasteiger partial charge in [-0.15, -0.1) is 11.3 Å². The first-order chi connectivity index (χ1) is 15.9. The van der Waals surface area contributed by atoms with Gasteiger partial charge in [0, 0.05) is 33.6 Å². The van der Waals surface area contributed by atoms with E-state index < -0.39 is 0 Å². The second-order valence-corrected chi connectivity index (χ2v) is 9.77. The Morgan fingerprint density at radius 1 is 0.970 bits per heavy atom. The molecule has 0 spiro atoms. The minimum Gasteiger partial charge on any atom is -0.332 e. The van der Waals surface area contributed by atoms with Crippen LogP contribution in [-0.2, 0) is 17.9 Å². The van der Waals surface area contributed by atoms with E-state index in [1.54, 1.807) is 40.5 Å². The third-order valence-electron chi connectivity index (χ3n) is 5.18. The fourth-order valence-corrected chi connectivity index (χ4v) is 4.52. The van der Waals surface area contributed by atoms with Crippen molar-refractivity contribution in [3.8, 4) is 0 Å². The Kier molecular flexibility index (Phi) is 9.34. The normalized spacial score (nSPS) is 10.6. The van der Waals surface area contributed by atoms with Gasteiger partial charge < -0.3 is 15.1 Å². The number of unbranched alkanes of at least 4 members (excludes halogenated alkanes) is 1. The molecule has 0 aliphatic carbocycles. The second-order valence-electron chi connectivity index (χ2n) is 7.96. The summed E-state index contributed by atoms with van der Waals surface area (Å²) < 4.78 is 0. The van der Waals surface area contributed by atoms with Gasteiger partial charge in [0.1, 0.15) is 6.54 Å². The van der Waals surface area contributed by atoms with Crippen molar-refractivity contribution in [3.05, 3.63) is 87.1 Å². The van der Waals surface area contributed by atoms with Crippen LogP contribution in [0.5, 0.6) is 0 Å². The lowest BCUT2D eigenvalue weighted by atomic mass is 10.2. The summed E-state index contributed by atoms with van der Waals surface area (Å²) in [5.41, 5.74) is 1.67. The van der Waals surface area contributed by atoms with E-state index in [9.17, 15) is 9.59 Å². The Bertz CT molecular complexity index is 1050. The largest absolute Gasteiger partial charge is 0.332 e. The Balaban J connectivity index is 1.75. The van der Waals surface area contributed by atoms with Gasteiger partial charge in [0.15, 0.2) is 0 Å². The molecule has 0 atom stereocenters. The van der Waals surface area contributed by atoms with Crippen molar-refractivity contribution in [2.45, 2.75) is 39.8 Å². The number of nitrogens with zero attached hydrogens (tertiary/aromatic N) is 2. The van der Waals surface area contributed by atoms with Crippen LogP contribution in [0.1, 0.15) is 35.1 Å². The molecular formula is C26H30ClN3O2S. The van der Waals surface area contributed by atoms with Crippen molar-refractivity contribution in [1.82, 2.24) is 9.80 Å². The summed E-state index contributed by atoms with van der Waals surface area (Å²) in [5.74, 6) is -0.0812. The van der Waals surface area contributed by atoms with Crippen molar-refractivity contribution in [3.63, 3.8) is 0 Å². The molecule has 1 aromatic heterocycles. The van der Waals surface area contributed by atoms with Gasteiger partial charge in [0.25, 0.3) is 0 Å². The minimum absolute atomic E-state index is 0.0175. The maximum absolute atomic E-state index is 13.4. The molecule has 3 amide bonds. The number of thiophene rings is 1. The predicted molar refractivity (Wildman–Crippen MR) is 137 cm³/mol. The van der Waals surface area contributed by atoms with E-state index >= 15 is 0 Å². The van der Waals surface area contributed by atoms with Gasteiger partial charge in [0.2, 0.25) is 5.91 Å². The van der Waals surface area contributed by atoms with E-state index in [-0.39, 0.29) is 18.5 Å². The third kappa shape index (κ3) is 7.91. The number of halogens is 1. The molecule has 0 fully saturated rings. The molecule has 0 saturated heterocycles. The molecule has 5 nitrogen and oxygen atoms in total. The number of rotatable bonds is 10. The second kappa shape index (κ2) is 12.4. The van der Waals surface area contributed by atoms with E-state index in [0.29, 0.717) is 30.3 Å². The first-order valence-electron chi connectivity index (χ1n) is 11.1. The van der Waals surface area contributed by atoms with Crippen molar-refractivity contribution in [2.24, 2.45) is 0 Å². The number of hydrogen-bond acceptors (Lipinski definition) is 3. The fraction of sp³-hybridized carbons (Fsp3) is 0.308. The number of aryl methyl sites for hydroxylation is 1. The Morgan fingerprint density at radius 2 is 1.76 bits per heavy atom. The number of carbonyl (C=O) groups is 2. The average Bonchev–Trinajstić information content (AvgIpc) is 3.21. The number of urea groups is 1. The molecule has 0 aliphatic heterocycles. The molecule has 0 aliphatic rings. The maximum Gasteiger partial charge on any atom is 0.322 e. The van der Waals surface area contributed by atoms with Crippen LogP contribution in [0.15, 0.2) is 66.7 Å². The monoisotopic (exact) mass is 483 g/mol. The van der Waals surface area contributed by atoms with Gasteiger partial charge in [-0.05, 0) is 49.2 Å². The minimum atomic E-state index is -0.300. The highest BCUT2D eigenvalue weighted by Crippen LogP contribution is 2.20. The van der Waals surface area contributed by atoms with Crippen LogP contribution in [-0.4, -0.2) is 34.8 Å². The zero-order valence-electron chi connectivity index (χ0n) is 19.1. The zero-order valence-corrected chi connectivity index (χ0v) is 20.7. The molecule has 0 radical (unpaired) electrons. The average molecular weight is 484 g/mol. The Morgan fingerprint density at radius 3 is 2.42 bits per heavy atom. The van der Waals surface area contributed by atoms with Crippen LogP contribution in [0, 0.1) is 6.92 Å². The van der Waals surface area contributed by atoms with Crippen LogP contribution in [0.4, 0.5) is 10.5 Å². The molecule has 3 aromatic rings. The molecule has 0 unspecified atom stereocenters. The highest BCUT2D eigenvalue weighted by atomic mass is 35.5. The lowest BCUT2D eigenvalue weighted by molar-refractivity contribution is -0.133. The molecular weight excluding hydrogens is 454 g/mol. The molecule has 33 heavy (non-hydrogen) atoms. The van der Waals surface area contributed by atoms with Crippen LogP contribution in [0.25, 0.3) is 0 Å². The van der Waals surface area contributed by atoms with E-state index in [1.807, 2.05) is 35.2 Å². The number of nitrogens with one attached hydrogen (secondary N) is 1. The highest BCUT2D eigenvalue weighted by molar-refractivity contribution is 7.11. The van der Waals surface area contributed by atoms with E-state index in [0.717, 1.165) is 23.3 Å². The van der Waals surface area contributed by atoms with Gasteiger partial charge in [-0.25, -0.2) is 4.79 Å². The summed E-state index contributed by atoms with van der Waals surface area (Å²) in [6.45, 7) is 5.66. The van der Waals surface area contributed by atoms with Gasteiger partial charge in [-0.2, -0.15) is 0 Å². The van der Waals surface area contributed by atoms with Crippen LogP contribution < -0.4 is 5.32 Å². The number of hydrogen-bond donors (Lipinski definition) is 1. The summed E-state index contributed by atoms with van der Waals surface area (Å²) in [5, 5.41) is 3.42. The van der Waals surface area contributed by atoms with Gasteiger partial charge in [0.05, 0.1) is 6.54 Å². The van der Waals surface area contributed by atoms with Crippen LogP contribution >= 0.6 is 22.9 Å². The summed E-state index contributed by atoms with van der Waals surface area (Å²) in [6, 6.07) is 20.8. The van der Waals surface area contributed by atoms with Crippen molar-refractivity contribution in [2.75, 3.05) is 18.4 Å². The van der Waals surface area contributed by atoms with Gasteiger partial charge in [-0.1, -0.05) is 61.3 Å². The lowest BCUT2D eigenvalue weighted by Gasteiger charge is -2.28. The van der Waals surface area contributed by atoms with Crippen LogP contribution in [0.3, 0.4) is 0 Å². The molecule has 1 N–H and O–H groups in total. The number of benzene rings is 2. The molecule has 2 aromatic carbocycles. The molecule has 7 heteroatoms. The summed E-state index contributed by atoms with van der Waals surface area (Å²) >= 11 is 7.74. The Labute approximate surface area is 205 Å². The smallest absolute Gasteiger partial charge is 0.322 e. The van der Waals surface area contributed by atoms with Gasteiger partial charge >= 0.3 is 6.03 Å². The highest BCUT2D eigenvalue weighted by Gasteiger charge is 2.22. The van der Waals surface area contributed by atoms with Gasteiger partial charge in [-0.3, -0.25) is 4.79 Å². The van der Waals surface area contributed by atoms with Crippen molar-refractivity contribution < 1.29 is 9.59 Å². The maximum atomic E-state index is 13.4. The van der Waals surface area contributed by atoms with E-state index in [2.05, 4.69) is 31.3 Å². The summed E-state index contributed by atoms with van der Waals surface area (Å²) in [6.07, 6.45) is 1.75. The number of carbonyl (C=O) groups excluding carboxylic acids is 2. The van der Waals surface area contributed by atoms with Crippen LogP contribution in [0.2, 0.25) is 5.02 Å². The zero-order chi connectivity index (χ0) is 23.6. The van der Waals surface area contributed by atoms with Crippen molar-refractivity contribution >= 4 is 40.6 Å². The quantitative estimate of drug-likeness (QED) is 0.354. The first-order valence-corrected chi connectivity index (χ1v) is 12.3. The lowest BCUT2D eigenvalue weighted by Crippen LogP contribution is -2.44.